The average Bonchev–Trinajstić information content (AvgIpc) is 2.43. The molecule has 1 N–H and O–H groups in total. The Morgan fingerprint density at radius 2 is 2.07 bits per heavy atom. The number of carbonyl (C=O) groups excluding carboxylic acids is 1. The smallest absolute Gasteiger partial charge is 0.412 e. The van der Waals surface area contributed by atoms with Crippen molar-refractivity contribution in [1.82, 2.24) is 4.90 Å². The van der Waals surface area contributed by atoms with Crippen LogP contribution in [0.1, 0.15) is 47.0 Å². The predicted molar refractivity (Wildman–Crippen MR) is 57.4 cm³/mol. The van der Waals surface area contributed by atoms with Crippen LogP contribution >= 0.6 is 0 Å². The molecule has 1 saturated heterocycles. The number of amides is 1. The van der Waals surface area contributed by atoms with Crippen molar-refractivity contribution in [2.45, 2.75) is 64.8 Å². The van der Waals surface area contributed by atoms with Gasteiger partial charge < -0.3 is 9.84 Å². The summed E-state index contributed by atoms with van der Waals surface area (Å²) >= 11 is 0. The molecular formula is C11H21NO3. The molecule has 4 heteroatoms. The molecule has 1 aliphatic heterocycles. The molecule has 0 radical (unpaired) electrons. The summed E-state index contributed by atoms with van der Waals surface area (Å²) in [7, 11) is 0. The van der Waals surface area contributed by atoms with Crippen LogP contribution < -0.4 is 0 Å². The summed E-state index contributed by atoms with van der Waals surface area (Å²) in [6.45, 7) is 7.50. The molecule has 1 heterocycles. The van der Waals surface area contributed by atoms with Crippen molar-refractivity contribution in [1.29, 1.82) is 0 Å². The Kier molecular flexibility index (Phi) is 3.60. The van der Waals surface area contributed by atoms with Crippen LogP contribution in [0.5, 0.6) is 0 Å². The van der Waals surface area contributed by atoms with Gasteiger partial charge in [-0.3, -0.25) is 4.90 Å². The first-order chi connectivity index (χ1) is 6.85. The van der Waals surface area contributed by atoms with Gasteiger partial charge in [-0.15, -0.1) is 0 Å². The fraction of sp³-hybridized carbons (Fsp3) is 0.909. The third kappa shape index (κ3) is 3.09. The third-order valence-electron chi connectivity index (χ3n) is 2.55. The Hall–Kier alpha value is -0.770. The second-order valence-electron chi connectivity index (χ2n) is 5.01. The lowest BCUT2D eigenvalue weighted by atomic mass is 10.2. The first kappa shape index (κ1) is 12.3. The summed E-state index contributed by atoms with van der Waals surface area (Å²) in [6, 6.07) is 0.120. The van der Waals surface area contributed by atoms with Crippen LogP contribution in [0.15, 0.2) is 0 Å². The predicted octanol–water partition coefficient (Wildman–Crippen LogP) is 2.11. The highest BCUT2D eigenvalue weighted by Gasteiger charge is 2.37. The van der Waals surface area contributed by atoms with E-state index < -0.39 is 17.9 Å². The molecule has 0 spiro atoms. The van der Waals surface area contributed by atoms with E-state index in [1.165, 1.54) is 4.90 Å². The molecule has 88 valence electrons. The van der Waals surface area contributed by atoms with E-state index in [4.69, 9.17) is 4.74 Å². The molecule has 1 fully saturated rings. The second kappa shape index (κ2) is 4.39. The van der Waals surface area contributed by atoms with Gasteiger partial charge in [0.05, 0.1) is 0 Å². The van der Waals surface area contributed by atoms with Crippen LogP contribution in [0.3, 0.4) is 0 Å². The SMILES string of the molecule is CC[C@H]1CCC(O)N1C(=O)OC(C)(C)C. The number of rotatable bonds is 1. The van der Waals surface area contributed by atoms with E-state index in [-0.39, 0.29) is 6.04 Å². The first-order valence-corrected chi connectivity index (χ1v) is 5.54. The molecule has 0 aromatic heterocycles. The Morgan fingerprint density at radius 1 is 1.47 bits per heavy atom. The number of ether oxygens (including phenoxy) is 1. The number of aliphatic hydroxyl groups is 1. The van der Waals surface area contributed by atoms with Gasteiger partial charge in [0.2, 0.25) is 0 Å². The fourth-order valence-electron chi connectivity index (χ4n) is 1.85. The van der Waals surface area contributed by atoms with Crippen molar-refractivity contribution in [2.24, 2.45) is 0 Å². The third-order valence-corrected chi connectivity index (χ3v) is 2.55. The van der Waals surface area contributed by atoms with Crippen molar-refractivity contribution >= 4 is 6.09 Å². The van der Waals surface area contributed by atoms with Gasteiger partial charge in [-0.1, -0.05) is 6.92 Å². The monoisotopic (exact) mass is 215 g/mol. The molecule has 2 atom stereocenters. The maximum absolute atomic E-state index is 11.8. The minimum Gasteiger partial charge on any atom is -0.444 e. The van der Waals surface area contributed by atoms with Crippen molar-refractivity contribution in [3.63, 3.8) is 0 Å². The highest BCUT2D eigenvalue weighted by molar-refractivity contribution is 5.69. The summed E-state index contributed by atoms with van der Waals surface area (Å²) in [5, 5.41) is 9.68. The van der Waals surface area contributed by atoms with E-state index in [1.54, 1.807) is 0 Å². The summed E-state index contributed by atoms with van der Waals surface area (Å²) in [4.78, 5) is 13.2. The number of carbonyl (C=O) groups is 1. The van der Waals surface area contributed by atoms with Crippen molar-refractivity contribution in [3.05, 3.63) is 0 Å². The highest BCUT2D eigenvalue weighted by Crippen LogP contribution is 2.26. The lowest BCUT2D eigenvalue weighted by Crippen LogP contribution is -2.43. The second-order valence-corrected chi connectivity index (χ2v) is 5.01. The topological polar surface area (TPSA) is 49.8 Å². The lowest BCUT2D eigenvalue weighted by Gasteiger charge is -2.30. The number of aliphatic hydroxyl groups excluding tert-OH is 1. The molecule has 15 heavy (non-hydrogen) atoms. The Morgan fingerprint density at radius 3 is 2.53 bits per heavy atom. The van der Waals surface area contributed by atoms with E-state index in [9.17, 15) is 9.90 Å². The van der Waals surface area contributed by atoms with E-state index in [0.717, 1.165) is 12.8 Å². The van der Waals surface area contributed by atoms with Crippen LogP contribution in [-0.4, -0.2) is 34.0 Å². The van der Waals surface area contributed by atoms with Crippen LogP contribution in [-0.2, 0) is 4.74 Å². The highest BCUT2D eigenvalue weighted by atomic mass is 16.6. The summed E-state index contributed by atoms with van der Waals surface area (Å²) in [5.74, 6) is 0. The largest absolute Gasteiger partial charge is 0.444 e. The minimum absolute atomic E-state index is 0.120. The molecule has 0 bridgehead atoms. The van der Waals surface area contributed by atoms with Crippen LogP contribution in [0, 0.1) is 0 Å². The molecule has 0 aromatic rings. The zero-order valence-corrected chi connectivity index (χ0v) is 9.99. The molecule has 1 aliphatic rings. The number of hydrogen-bond donors (Lipinski definition) is 1. The van der Waals surface area contributed by atoms with E-state index in [1.807, 2.05) is 27.7 Å². The van der Waals surface area contributed by atoms with Gasteiger partial charge >= 0.3 is 6.09 Å². The van der Waals surface area contributed by atoms with E-state index in [0.29, 0.717) is 6.42 Å². The van der Waals surface area contributed by atoms with Gasteiger partial charge in [-0.25, -0.2) is 4.79 Å². The van der Waals surface area contributed by atoms with Crippen LogP contribution in [0.2, 0.25) is 0 Å². The molecular weight excluding hydrogens is 194 g/mol. The summed E-state index contributed by atoms with van der Waals surface area (Å²) in [5.41, 5.74) is -0.502. The van der Waals surface area contributed by atoms with Crippen molar-refractivity contribution in [2.75, 3.05) is 0 Å². The summed E-state index contributed by atoms with van der Waals surface area (Å²) in [6.07, 6.45) is 1.29. The molecule has 1 rings (SSSR count). The zero-order valence-electron chi connectivity index (χ0n) is 9.99. The number of hydrogen-bond acceptors (Lipinski definition) is 3. The first-order valence-electron chi connectivity index (χ1n) is 5.54. The van der Waals surface area contributed by atoms with Gasteiger partial charge in [-0.2, -0.15) is 0 Å². The molecule has 4 nitrogen and oxygen atoms in total. The fourth-order valence-corrected chi connectivity index (χ4v) is 1.85. The van der Waals surface area contributed by atoms with Crippen LogP contribution in [0.25, 0.3) is 0 Å². The standard InChI is InChI=1S/C11H21NO3/c1-5-8-6-7-9(13)12(8)10(14)15-11(2,3)4/h8-9,13H,5-7H2,1-4H3/t8-,9?/m0/s1. The van der Waals surface area contributed by atoms with Crippen LogP contribution in [0.4, 0.5) is 4.79 Å². The Labute approximate surface area is 91.2 Å². The lowest BCUT2D eigenvalue weighted by molar-refractivity contribution is -0.0245. The van der Waals surface area contributed by atoms with Gasteiger partial charge in [0.15, 0.2) is 0 Å². The maximum atomic E-state index is 11.8. The van der Waals surface area contributed by atoms with Gasteiger partial charge in [0.25, 0.3) is 0 Å². The van der Waals surface area contributed by atoms with Gasteiger partial charge in [0.1, 0.15) is 11.8 Å². The quantitative estimate of drug-likeness (QED) is 0.728. The molecule has 1 amide bonds. The van der Waals surface area contributed by atoms with E-state index in [2.05, 4.69) is 0 Å². The van der Waals surface area contributed by atoms with Gasteiger partial charge in [-0.05, 0) is 40.0 Å². The van der Waals surface area contributed by atoms with Crippen molar-refractivity contribution in [3.8, 4) is 0 Å². The Balaban J connectivity index is 2.64. The van der Waals surface area contributed by atoms with Crippen molar-refractivity contribution < 1.29 is 14.6 Å². The molecule has 0 aromatic carbocycles. The number of nitrogens with zero attached hydrogens (tertiary/aromatic N) is 1. The molecule has 0 saturated carbocycles. The van der Waals surface area contributed by atoms with Gasteiger partial charge in [0, 0.05) is 6.04 Å². The molecule has 1 unspecified atom stereocenters. The zero-order chi connectivity index (χ0) is 11.6. The minimum atomic E-state index is -0.676. The summed E-state index contributed by atoms with van der Waals surface area (Å²) < 4.78 is 5.25. The average molecular weight is 215 g/mol. The maximum Gasteiger partial charge on any atom is 0.412 e. The van der Waals surface area contributed by atoms with E-state index >= 15 is 0 Å². The Bertz CT molecular complexity index is 234. The molecule has 0 aliphatic carbocycles. The normalized spacial score (nSPS) is 26.9. The number of likely N-dealkylation sites (tertiary alicyclic amines) is 1.